The molecule has 11 heteroatoms. The molecule has 0 radical (unpaired) electrons. The van der Waals surface area contributed by atoms with Crippen molar-refractivity contribution in [2.24, 2.45) is 28.6 Å². The van der Waals surface area contributed by atoms with E-state index < -0.39 is 76.5 Å². The number of nitriles is 1. The number of aromatic nitrogens is 1. The van der Waals surface area contributed by atoms with Crippen LogP contribution in [0.5, 0.6) is 0 Å². The van der Waals surface area contributed by atoms with Crippen molar-refractivity contribution in [3.63, 3.8) is 0 Å². The van der Waals surface area contributed by atoms with Crippen molar-refractivity contribution < 1.29 is 42.3 Å². The zero-order chi connectivity index (χ0) is 29.3. The van der Waals surface area contributed by atoms with Crippen molar-refractivity contribution in [1.29, 1.82) is 5.26 Å². The molecule has 0 unspecified atom stereocenters. The van der Waals surface area contributed by atoms with Gasteiger partial charge in [0.25, 0.3) is 0 Å². The maximum atomic E-state index is 17.5. The lowest BCUT2D eigenvalue weighted by molar-refractivity contribution is -0.230. The quantitative estimate of drug-likeness (QED) is 0.535. The van der Waals surface area contributed by atoms with Gasteiger partial charge < -0.3 is 19.1 Å². The molecule has 1 heterocycles. The monoisotopic (exact) mass is 558 g/mol. The van der Waals surface area contributed by atoms with E-state index in [0.717, 1.165) is 6.08 Å². The van der Waals surface area contributed by atoms with Crippen molar-refractivity contribution in [1.82, 2.24) is 5.16 Å². The van der Waals surface area contributed by atoms with Crippen LogP contribution in [0.3, 0.4) is 0 Å². The first-order valence-corrected chi connectivity index (χ1v) is 13.5. The van der Waals surface area contributed by atoms with Gasteiger partial charge in [-0.25, -0.2) is 18.4 Å². The number of ketones is 1. The highest BCUT2D eigenvalue weighted by Gasteiger charge is 2.78. The summed E-state index contributed by atoms with van der Waals surface area (Å²) in [5.74, 6) is -4.59. The van der Waals surface area contributed by atoms with Gasteiger partial charge in [-0.1, -0.05) is 32.0 Å². The van der Waals surface area contributed by atoms with Crippen LogP contribution in [0.25, 0.3) is 0 Å². The van der Waals surface area contributed by atoms with E-state index in [9.17, 15) is 19.5 Å². The summed E-state index contributed by atoms with van der Waals surface area (Å²) >= 11 is 0. The molecule has 0 bridgehead atoms. The first-order chi connectivity index (χ1) is 18.8. The third-order valence-corrected chi connectivity index (χ3v) is 10.1. The minimum Gasteiger partial charge on any atom is -0.447 e. The Bertz CT molecular complexity index is 1370. The molecule has 4 aliphatic rings. The van der Waals surface area contributed by atoms with E-state index >= 15 is 8.78 Å². The van der Waals surface area contributed by atoms with E-state index in [2.05, 4.69) is 5.16 Å². The van der Waals surface area contributed by atoms with Gasteiger partial charge in [0.2, 0.25) is 5.60 Å². The number of rotatable bonds is 5. The maximum absolute atomic E-state index is 17.5. The summed E-state index contributed by atoms with van der Waals surface area (Å²) in [4.78, 5) is 39.2. The van der Waals surface area contributed by atoms with Crippen LogP contribution in [-0.2, 0) is 25.5 Å². The lowest BCUT2D eigenvalue weighted by Crippen LogP contribution is -2.71. The van der Waals surface area contributed by atoms with Crippen LogP contribution in [0.2, 0.25) is 0 Å². The molecule has 3 saturated carbocycles. The topological polar surface area (TPSA) is 140 Å². The largest absolute Gasteiger partial charge is 0.447 e. The minimum absolute atomic E-state index is 0.0173. The lowest BCUT2D eigenvalue weighted by Gasteiger charge is -2.63. The molecule has 3 fully saturated rings. The number of carbonyl (C=O) groups excluding carboxylic acids is 3. The van der Waals surface area contributed by atoms with Crippen molar-refractivity contribution in [2.75, 3.05) is 6.61 Å². The molecule has 5 rings (SSSR count). The number of fused-ring (bicyclic) bond motifs is 5. The number of aliphatic hydroxyl groups excluding tert-OH is 1. The second-order valence-corrected chi connectivity index (χ2v) is 11.9. The Balaban J connectivity index is 1.62. The third kappa shape index (κ3) is 3.51. The fourth-order valence-corrected chi connectivity index (χ4v) is 8.20. The van der Waals surface area contributed by atoms with E-state index in [1.165, 1.54) is 25.1 Å². The number of ether oxygens (including phenoxy) is 2. The predicted octanol–water partition coefficient (Wildman–Crippen LogP) is 3.76. The zero-order valence-electron chi connectivity index (χ0n) is 22.8. The molecule has 1 aromatic heterocycles. The number of alkyl halides is 2. The highest BCUT2D eigenvalue weighted by molar-refractivity contribution is 6.01. The number of hydrogen-bond donors (Lipinski definition) is 1. The summed E-state index contributed by atoms with van der Waals surface area (Å²) in [6, 6.07) is 3.12. The van der Waals surface area contributed by atoms with Gasteiger partial charge in [-0.2, -0.15) is 5.26 Å². The van der Waals surface area contributed by atoms with Gasteiger partial charge in [-0.3, -0.25) is 4.79 Å². The summed E-state index contributed by atoms with van der Waals surface area (Å²) in [6.45, 7) is 5.93. The summed E-state index contributed by atoms with van der Waals surface area (Å²) in [5, 5.41) is 24.4. The molecule has 40 heavy (non-hydrogen) atoms. The Morgan fingerprint density at radius 2 is 2.02 bits per heavy atom. The molecule has 0 aromatic carbocycles. The summed E-state index contributed by atoms with van der Waals surface area (Å²) < 4.78 is 49.5. The predicted molar refractivity (Wildman–Crippen MR) is 134 cm³/mol. The Labute approximate surface area is 230 Å². The number of allylic oxidation sites excluding steroid dienone is 4. The summed E-state index contributed by atoms with van der Waals surface area (Å²) in [7, 11) is 0. The van der Waals surface area contributed by atoms with Gasteiger partial charge in [0.05, 0.1) is 6.10 Å². The highest BCUT2D eigenvalue weighted by atomic mass is 19.1. The number of aliphatic hydroxyl groups is 1. The lowest BCUT2D eigenvalue weighted by atomic mass is 9.44. The first-order valence-electron chi connectivity index (χ1n) is 13.5. The molecular weight excluding hydrogens is 526 g/mol. The molecular formula is C29H32F2N2O7. The molecule has 0 amide bonds. The van der Waals surface area contributed by atoms with Gasteiger partial charge in [-0.05, 0) is 49.8 Å². The summed E-state index contributed by atoms with van der Waals surface area (Å²) in [5.41, 5.74) is -7.62. The SMILES string of the molecule is CCc1cc(C(=O)O[C@@]2(C(=O)OCC#N)[C@H](C)C[C@H]3[C@@H]4C[C@H](F)C5=CC(=O)C=C[C@]5(C)[C@@]4(F)[C@@H](O)C[C@@]32C)no1. The van der Waals surface area contributed by atoms with E-state index in [0.29, 0.717) is 12.2 Å². The average Bonchev–Trinajstić information content (AvgIpc) is 3.48. The molecule has 9 atom stereocenters. The van der Waals surface area contributed by atoms with Crippen molar-refractivity contribution in [3.8, 4) is 6.07 Å². The number of carbonyl (C=O) groups is 3. The van der Waals surface area contributed by atoms with Gasteiger partial charge in [0.1, 0.15) is 18.0 Å². The van der Waals surface area contributed by atoms with Crippen molar-refractivity contribution in [2.45, 2.75) is 76.9 Å². The average molecular weight is 559 g/mol. The minimum atomic E-state index is -2.37. The fraction of sp³-hybridized carbons (Fsp3) is 0.621. The second-order valence-electron chi connectivity index (χ2n) is 11.9. The van der Waals surface area contributed by atoms with E-state index in [1.54, 1.807) is 26.8 Å². The third-order valence-electron chi connectivity index (χ3n) is 10.1. The second kappa shape index (κ2) is 9.33. The number of nitrogens with zero attached hydrogens (tertiary/aromatic N) is 2. The van der Waals surface area contributed by atoms with E-state index in [-0.39, 0.29) is 30.5 Å². The molecule has 1 aromatic rings. The van der Waals surface area contributed by atoms with Crippen LogP contribution >= 0.6 is 0 Å². The highest BCUT2D eigenvalue weighted by Crippen LogP contribution is 2.71. The van der Waals surface area contributed by atoms with Crippen LogP contribution in [0.4, 0.5) is 8.78 Å². The van der Waals surface area contributed by atoms with Gasteiger partial charge in [-0.15, -0.1) is 0 Å². The van der Waals surface area contributed by atoms with Crippen LogP contribution in [-0.4, -0.2) is 58.1 Å². The molecule has 214 valence electrons. The van der Waals surface area contributed by atoms with Crippen molar-refractivity contribution in [3.05, 3.63) is 41.3 Å². The van der Waals surface area contributed by atoms with Gasteiger partial charge >= 0.3 is 11.9 Å². The molecule has 0 saturated heterocycles. The molecule has 0 aliphatic heterocycles. The summed E-state index contributed by atoms with van der Waals surface area (Å²) in [6.07, 6.45) is 0.188. The van der Waals surface area contributed by atoms with E-state index in [1.807, 2.05) is 0 Å². The maximum Gasteiger partial charge on any atom is 0.361 e. The van der Waals surface area contributed by atoms with Gasteiger partial charge in [0, 0.05) is 35.2 Å². The first kappa shape index (κ1) is 28.1. The Hall–Kier alpha value is -3.39. The smallest absolute Gasteiger partial charge is 0.361 e. The van der Waals surface area contributed by atoms with Crippen LogP contribution in [0.1, 0.15) is 63.2 Å². The molecule has 9 nitrogen and oxygen atoms in total. The molecule has 0 spiro atoms. The number of halogens is 2. The van der Waals surface area contributed by atoms with Gasteiger partial charge in [0.15, 0.2) is 23.8 Å². The standard InChI is InChI=1S/C29H32F2N2O7/c1-5-17-12-22(33-40-17)24(36)39-29(25(37)38-9-8-32)15(2)10-18-19-13-21(30)20-11-16(34)6-7-26(20,3)28(19,31)23(35)14-27(18,29)4/h6-7,11-12,15,18-19,21,23,35H,5,9-10,13-14H2,1-4H3/t15-,18+,19+,21+,23+,26+,27+,28+,29-/m1/s1. The molecule has 1 N–H and O–H groups in total. The number of aryl methyl sites for hydroxylation is 1. The Kier molecular flexibility index (Phi) is 6.57. The van der Waals surface area contributed by atoms with E-state index in [4.69, 9.17) is 19.3 Å². The van der Waals surface area contributed by atoms with Crippen LogP contribution in [0, 0.1) is 39.9 Å². The zero-order valence-corrected chi connectivity index (χ0v) is 22.8. The van der Waals surface area contributed by atoms with Crippen LogP contribution in [0.15, 0.2) is 34.4 Å². The number of esters is 2. The normalized spacial score (nSPS) is 41.7. The van der Waals surface area contributed by atoms with Crippen molar-refractivity contribution >= 4 is 17.7 Å². The Morgan fingerprint density at radius 3 is 2.67 bits per heavy atom. The van der Waals surface area contributed by atoms with Crippen LogP contribution < -0.4 is 0 Å². The Morgan fingerprint density at radius 1 is 1.30 bits per heavy atom. The molecule has 4 aliphatic carbocycles. The number of hydrogen-bond acceptors (Lipinski definition) is 9. The fourth-order valence-electron chi connectivity index (χ4n) is 8.20.